The third-order valence-corrected chi connectivity index (χ3v) is 2.46. The Kier molecular flexibility index (Phi) is 3.98. The maximum absolute atomic E-state index is 11.3. The predicted molar refractivity (Wildman–Crippen MR) is 55.8 cm³/mol. The maximum Gasteiger partial charge on any atom is 0.353 e. The Morgan fingerprint density at radius 3 is 2.86 bits per heavy atom. The van der Waals surface area contributed by atoms with Crippen molar-refractivity contribution in [3.05, 3.63) is 12.3 Å². The summed E-state index contributed by atoms with van der Waals surface area (Å²) in [6, 6.07) is 0.534. The minimum atomic E-state index is -0.272. The molecule has 0 aliphatic carbocycles. The third kappa shape index (κ3) is 2.76. The Balaban J connectivity index is 2.25. The molecule has 0 aromatic rings. The van der Waals surface area contributed by atoms with Crippen molar-refractivity contribution in [1.29, 1.82) is 0 Å². The minimum absolute atomic E-state index is 0.272. The summed E-state index contributed by atoms with van der Waals surface area (Å²) in [6.07, 6.45) is 3.59. The zero-order chi connectivity index (χ0) is 10.6. The summed E-state index contributed by atoms with van der Waals surface area (Å²) < 4.78 is 4.88. The van der Waals surface area contributed by atoms with Gasteiger partial charge in [0, 0.05) is 12.6 Å². The third-order valence-electron chi connectivity index (χ3n) is 2.46. The summed E-state index contributed by atoms with van der Waals surface area (Å²) in [4.78, 5) is 13.3. The molecule has 3 heteroatoms. The van der Waals surface area contributed by atoms with Crippen molar-refractivity contribution < 1.29 is 9.53 Å². The van der Waals surface area contributed by atoms with Crippen LogP contribution in [0.2, 0.25) is 0 Å². The van der Waals surface area contributed by atoms with Gasteiger partial charge in [0.05, 0.1) is 6.61 Å². The number of carbonyl (C=O) groups is 1. The fraction of sp³-hybridized carbons (Fsp3) is 0.727. The first kappa shape index (κ1) is 11.1. The van der Waals surface area contributed by atoms with Gasteiger partial charge in [-0.25, -0.2) is 4.79 Å². The monoisotopic (exact) mass is 197 g/mol. The molecule has 0 N–H and O–H groups in total. The molecule has 1 aliphatic rings. The van der Waals surface area contributed by atoms with E-state index < -0.39 is 0 Å². The molecule has 0 saturated carbocycles. The lowest BCUT2D eigenvalue weighted by Gasteiger charge is -2.07. The molecule has 0 aromatic carbocycles. The molecule has 0 spiro atoms. The molecule has 14 heavy (non-hydrogen) atoms. The lowest BCUT2D eigenvalue weighted by molar-refractivity contribution is -0.139. The molecule has 1 unspecified atom stereocenters. The van der Waals surface area contributed by atoms with Crippen LogP contribution in [0.4, 0.5) is 0 Å². The van der Waals surface area contributed by atoms with Gasteiger partial charge in [-0.1, -0.05) is 26.3 Å². The molecule has 1 fully saturated rings. The molecule has 0 radical (unpaired) electrons. The second-order valence-corrected chi connectivity index (χ2v) is 3.62. The van der Waals surface area contributed by atoms with Crippen molar-refractivity contribution in [3.8, 4) is 0 Å². The molecule has 0 bridgehead atoms. The zero-order valence-corrected chi connectivity index (χ0v) is 9.08. The Morgan fingerprint density at radius 1 is 1.57 bits per heavy atom. The van der Waals surface area contributed by atoms with E-state index in [1.807, 2.05) is 11.8 Å². The highest BCUT2D eigenvalue weighted by molar-refractivity contribution is 5.87. The van der Waals surface area contributed by atoms with Gasteiger partial charge >= 0.3 is 5.97 Å². The van der Waals surface area contributed by atoms with Crippen molar-refractivity contribution in [3.63, 3.8) is 0 Å². The highest BCUT2D eigenvalue weighted by Crippen LogP contribution is 2.27. The summed E-state index contributed by atoms with van der Waals surface area (Å²) in [5.74, 6) is -0.272. The Hall–Kier alpha value is -0.990. The van der Waals surface area contributed by atoms with Crippen LogP contribution in [0.1, 0.15) is 33.1 Å². The van der Waals surface area contributed by atoms with E-state index in [1.165, 1.54) is 12.8 Å². The van der Waals surface area contributed by atoms with E-state index in [4.69, 9.17) is 4.74 Å². The number of hydrogen-bond donors (Lipinski definition) is 0. The van der Waals surface area contributed by atoms with Gasteiger partial charge in [-0.15, -0.1) is 0 Å². The van der Waals surface area contributed by atoms with Crippen LogP contribution < -0.4 is 0 Å². The Labute approximate surface area is 85.7 Å². The summed E-state index contributed by atoms with van der Waals surface area (Å²) in [6.45, 7) is 9.12. The van der Waals surface area contributed by atoms with E-state index in [2.05, 4.69) is 13.5 Å². The van der Waals surface area contributed by atoms with Gasteiger partial charge in [0.15, 0.2) is 0 Å². The van der Waals surface area contributed by atoms with Crippen LogP contribution in [-0.2, 0) is 9.53 Å². The molecule has 1 aliphatic heterocycles. The van der Waals surface area contributed by atoms with Crippen molar-refractivity contribution in [2.45, 2.75) is 39.2 Å². The first-order chi connectivity index (χ1) is 6.70. The number of hydrogen-bond acceptors (Lipinski definition) is 3. The topological polar surface area (TPSA) is 29.3 Å². The van der Waals surface area contributed by atoms with Crippen LogP contribution >= 0.6 is 0 Å². The van der Waals surface area contributed by atoms with Gasteiger partial charge in [0.25, 0.3) is 0 Å². The molecule has 0 amide bonds. The second kappa shape index (κ2) is 5.03. The average Bonchev–Trinajstić information content (AvgIpc) is 2.93. The lowest BCUT2D eigenvalue weighted by Crippen LogP contribution is -2.14. The number of carbonyl (C=O) groups excluding carboxylic acids is 1. The normalized spacial score (nSPS) is 19.3. The van der Waals surface area contributed by atoms with Gasteiger partial charge in [-0.05, 0) is 13.3 Å². The number of ether oxygens (including phenoxy) is 1. The maximum atomic E-state index is 11.3. The Morgan fingerprint density at radius 2 is 2.29 bits per heavy atom. The summed E-state index contributed by atoms with van der Waals surface area (Å²) in [5.41, 5.74) is 0.521. The van der Waals surface area contributed by atoms with Crippen LogP contribution in [0, 0.1) is 0 Å². The van der Waals surface area contributed by atoms with E-state index in [1.54, 1.807) is 0 Å². The molecule has 3 nitrogen and oxygen atoms in total. The predicted octanol–water partition coefficient (Wildman–Crippen LogP) is 1.94. The fourth-order valence-electron chi connectivity index (χ4n) is 1.53. The zero-order valence-electron chi connectivity index (χ0n) is 9.08. The van der Waals surface area contributed by atoms with Crippen LogP contribution in [-0.4, -0.2) is 30.1 Å². The van der Waals surface area contributed by atoms with Gasteiger partial charge in [0.2, 0.25) is 0 Å². The van der Waals surface area contributed by atoms with E-state index in [9.17, 15) is 4.79 Å². The van der Waals surface area contributed by atoms with E-state index in [0.717, 1.165) is 13.0 Å². The van der Waals surface area contributed by atoms with E-state index in [-0.39, 0.29) is 5.97 Å². The SMILES string of the molecule is C=C(C(=O)OCC)N1CC1CCCC. The van der Waals surface area contributed by atoms with Crippen LogP contribution in [0.15, 0.2) is 12.3 Å². The number of esters is 1. The molecule has 0 aromatic heterocycles. The summed E-state index contributed by atoms with van der Waals surface area (Å²) in [5, 5.41) is 0. The number of nitrogens with zero attached hydrogens (tertiary/aromatic N) is 1. The van der Waals surface area contributed by atoms with Gasteiger partial charge in [0.1, 0.15) is 5.70 Å². The second-order valence-electron chi connectivity index (χ2n) is 3.62. The molecular weight excluding hydrogens is 178 g/mol. The van der Waals surface area contributed by atoms with Gasteiger partial charge < -0.3 is 9.64 Å². The van der Waals surface area contributed by atoms with Crippen molar-refractivity contribution in [1.82, 2.24) is 4.90 Å². The van der Waals surface area contributed by atoms with Gasteiger partial charge in [-0.3, -0.25) is 0 Å². The average molecular weight is 197 g/mol. The largest absolute Gasteiger partial charge is 0.461 e. The van der Waals surface area contributed by atoms with Crippen molar-refractivity contribution in [2.24, 2.45) is 0 Å². The van der Waals surface area contributed by atoms with E-state index in [0.29, 0.717) is 18.3 Å². The first-order valence-corrected chi connectivity index (χ1v) is 5.33. The summed E-state index contributed by atoms with van der Waals surface area (Å²) in [7, 11) is 0. The van der Waals surface area contributed by atoms with Gasteiger partial charge in [-0.2, -0.15) is 0 Å². The molecule has 1 atom stereocenters. The smallest absolute Gasteiger partial charge is 0.353 e. The Bertz CT molecular complexity index is 225. The highest BCUT2D eigenvalue weighted by atomic mass is 16.5. The van der Waals surface area contributed by atoms with E-state index >= 15 is 0 Å². The number of rotatable bonds is 6. The van der Waals surface area contributed by atoms with Crippen LogP contribution in [0.3, 0.4) is 0 Å². The van der Waals surface area contributed by atoms with Crippen molar-refractivity contribution in [2.75, 3.05) is 13.2 Å². The standard InChI is InChI=1S/C11H19NO2/c1-4-6-7-10-8-12(10)9(3)11(13)14-5-2/h10H,3-8H2,1-2H3. The quantitative estimate of drug-likeness (QED) is 0.370. The molecule has 1 rings (SSSR count). The lowest BCUT2D eigenvalue weighted by atomic mass is 10.2. The van der Waals surface area contributed by atoms with Crippen LogP contribution in [0.25, 0.3) is 0 Å². The molecule has 1 saturated heterocycles. The molecule has 80 valence electrons. The molecule has 1 heterocycles. The number of unbranched alkanes of at least 4 members (excludes halogenated alkanes) is 1. The fourth-order valence-corrected chi connectivity index (χ4v) is 1.53. The molecular formula is C11H19NO2. The van der Waals surface area contributed by atoms with Crippen molar-refractivity contribution >= 4 is 5.97 Å². The minimum Gasteiger partial charge on any atom is -0.461 e. The van der Waals surface area contributed by atoms with Crippen LogP contribution in [0.5, 0.6) is 0 Å². The first-order valence-electron chi connectivity index (χ1n) is 5.33. The highest BCUT2D eigenvalue weighted by Gasteiger charge is 2.36. The summed E-state index contributed by atoms with van der Waals surface area (Å²) >= 11 is 0.